The number of thioether (sulfide) groups is 1. The van der Waals surface area contributed by atoms with Crippen molar-refractivity contribution in [2.45, 2.75) is 50.2 Å². The summed E-state index contributed by atoms with van der Waals surface area (Å²) in [5.74, 6) is -1.96. The summed E-state index contributed by atoms with van der Waals surface area (Å²) >= 11 is 1.51. The summed E-state index contributed by atoms with van der Waals surface area (Å²) in [5, 5.41) is 14.3. The lowest BCUT2D eigenvalue weighted by Crippen LogP contribution is -2.53. The van der Waals surface area contributed by atoms with E-state index < -0.39 is 41.8 Å². The van der Waals surface area contributed by atoms with Gasteiger partial charge in [-0.15, -0.1) is 0 Å². The molecule has 1 saturated heterocycles. The number of hydrogen-bond acceptors (Lipinski definition) is 7. The summed E-state index contributed by atoms with van der Waals surface area (Å²) in [6.07, 6.45) is 4.06. The zero-order valence-electron chi connectivity index (χ0n) is 17.7. The standard InChI is InChI=1S/C18H33N7O5S/c1-31-9-6-12(24-15(27)11(19)4-2-7-22-18(20)21)16(28)23-10-14(26)25-8-3-5-13(25)17(29)30/h11-13H,2-10,19H2,1H3,(H,23,28)(H,24,27)(H,29,30)(H4,20,21,22). The minimum Gasteiger partial charge on any atom is -0.480 e. The van der Waals surface area contributed by atoms with Crippen LogP contribution in [0.5, 0.6) is 0 Å². The third-order valence-electron chi connectivity index (χ3n) is 4.82. The van der Waals surface area contributed by atoms with Gasteiger partial charge in [0.25, 0.3) is 0 Å². The summed E-state index contributed by atoms with van der Waals surface area (Å²) in [6, 6.07) is -2.56. The number of carboxylic acids is 1. The summed E-state index contributed by atoms with van der Waals surface area (Å²) in [4.78, 5) is 53.6. The molecule has 1 rings (SSSR count). The average molecular weight is 460 g/mol. The molecule has 1 fully saturated rings. The first-order chi connectivity index (χ1) is 14.7. The molecule has 0 aromatic heterocycles. The van der Waals surface area contributed by atoms with Gasteiger partial charge in [0, 0.05) is 13.1 Å². The molecule has 0 spiro atoms. The van der Waals surface area contributed by atoms with Crippen molar-refractivity contribution in [3.05, 3.63) is 0 Å². The highest BCUT2D eigenvalue weighted by Gasteiger charge is 2.34. The monoisotopic (exact) mass is 459 g/mol. The molecule has 1 heterocycles. The van der Waals surface area contributed by atoms with Gasteiger partial charge >= 0.3 is 5.97 Å². The molecule has 1 aliphatic rings. The van der Waals surface area contributed by atoms with Gasteiger partial charge in [-0.2, -0.15) is 11.8 Å². The Morgan fingerprint density at radius 3 is 2.55 bits per heavy atom. The number of nitrogens with two attached hydrogens (primary N) is 3. The minimum atomic E-state index is -1.06. The van der Waals surface area contributed by atoms with E-state index in [9.17, 15) is 24.3 Å². The van der Waals surface area contributed by atoms with E-state index in [1.54, 1.807) is 0 Å². The largest absolute Gasteiger partial charge is 0.480 e. The van der Waals surface area contributed by atoms with Crippen molar-refractivity contribution < 1.29 is 24.3 Å². The van der Waals surface area contributed by atoms with Gasteiger partial charge in [-0.25, -0.2) is 4.79 Å². The summed E-state index contributed by atoms with van der Waals surface area (Å²) in [5.41, 5.74) is 16.4. The molecule has 31 heavy (non-hydrogen) atoms. The van der Waals surface area contributed by atoms with Crippen molar-refractivity contribution in [3.63, 3.8) is 0 Å². The van der Waals surface area contributed by atoms with E-state index in [0.717, 1.165) is 0 Å². The second-order valence-corrected chi connectivity index (χ2v) is 8.18. The van der Waals surface area contributed by atoms with E-state index in [0.29, 0.717) is 50.9 Å². The number of carboxylic acid groups (broad SMARTS) is 1. The number of carbonyl (C=O) groups excluding carboxylic acids is 3. The molecule has 0 saturated carbocycles. The predicted octanol–water partition coefficient (Wildman–Crippen LogP) is -2.20. The molecule has 13 heteroatoms. The fraction of sp³-hybridized carbons (Fsp3) is 0.722. The van der Waals surface area contributed by atoms with Gasteiger partial charge in [0.15, 0.2) is 5.96 Å². The number of rotatable bonds is 13. The van der Waals surface area contributed by atoms with Crippen LogP contribution in [-0.4, -0.2) is 89.4 Å². The summed E-state index contributed by atoms with van der Waals surface area (Å²) < 4.78 is 0. The number of hydrogen-bond donors (Lipinski definition) is 6. The van der Waals surface area contributed by atoms with E-state index in [4.69, 9.17) is 17.2 Å². The molecular formula is C18H33N7O5S. The molecule has 1 aliphatic heterocycles. The maximum absolute atomic E-state index is 12.6. The van der Waals surface area contributed by atoms with Gasteiger partial charge in [-0.05, 0) is 44.1 Å². The predicted molar refractivity (Wildman–Crippen MR) is 118 cm³/mol. The Hall–Kier alpha value is -2.54. The van der Waals surface area contributed by atoms with Crippen LogP contribution in [0, 0.1) is 0 Å². The van der Waals surface area contributed by atoms with Crippen LogP contribution in [0.15, 0.2) is 4.99 Å². The zero-order chi connectivity index (χ0) is 23.4. The molecule has 0 radical (unpaired) electrons. The van der Waals surface area contributed by atoms with Crippen molar-refractivity contribution in [2.24, 2.45) is 22.2 Å². The summed E-state index contributed by atoms with van der Waals surface area (Å²) in [6.45, 7) is 0.349. The molecule has 0 aromatic rings. The van der Waals surface area contributed by atoms with Crippen LogP contribution in [0.2, 0.25) is 0 Å². The fourth-order valence-electron chi connectivity index (χ4n) is 3.14. The van der Waals surface area contributed by atoms with E-state index >= 15 is 0 Å². The highest BCUT2D eigenvalue weighted by Crippen LogP contribution is 2.17. The molecule has 176 valence electrons. The van der Waals surface area contributed by atoms with Crippen molar-refractivity contribution >= 4 is 41.4 Å². The lowest BCUT2D eigenvalue weighted by Gasteiger charge is -2.23. The van der Waals surface area contributed by atoms with Crippen molar-refractivity contribution in [2.75, 3.05) is 31.6 Å². The topological polar surface area (TPSA) is 206 Å². The first-order valence-corrected chi connectivity index (χ1v) is 11.5. The van der Waals surface area contributed by atoms with Crippen molar-refractivity contribution in [1.82, 2.24) is 15.5 Å². The number of aliphatic carboxylic acids is 1. The SMILES string of the molecule is CSCCC(NC(=O)C(N)CCCN=C(N)N)C(=O)NCC(=O)N1CCCC1C(=O)O. The normalized spacial score (nSPS) is 17.5. The van der Waals surface area contributed by atoms with Crippen LogP contribution in [0.1, 0.15) is 32.1 Å². The molecule has 9 N–H and O–H groups in total. The Morgan fingerprint density at radius 2 is 1.94 bits per heavy atom. The Bertz CT molecular complexity index is 672. The second kappa shape index (κ2) is 13.7. The van der Waals surface area contributed by atoms with Crippen molar-refractivity contribution in [3.8, 4) is 0 Å². The fourth-order valence-corrected chi connectivity index (χ4v) is 3.61. The van der Waals surface area contributed by atoms with Crippen LogP contribution in [0.25, 0.3) is 0 Å². The van der Waals surface area contributed by atoms with E-state index in [-0.39, 0.29) is 12.5 Å². The maximum atomic E-state index is 12.6. The van der Waals surface area contributed by atoms with Crippen LogP contribution in [0.4, 0.5) is 0 Å². The molecule has 0 aromatic carbocycles. The third-order valence-corrected chi connectivity index (χ3v) is 5.46. The Labute approximate surface area is 185 Å². The number of nitrogens with one attached hydrogen (secondary N) is 2. The van der Waals surface area contributed by atoms with Gasteiger partial charge in [-0.3, -0.25) is 19.4 Å². The lowest BCUT2D eigenvalue weighted by atomic mass is 10.1. The highest BCUT2D eigenvalue weighted by molar-refractivity contribution is 7.98. The number of nitrogens with zero attached hydrogens (tertiary/aromatic N) is 2. The van der Waals surface area contributed by atoms with Crippen LogP contribution in [0.3, 0.4) is 0 Å². The minimum absolute atomic E-state index is 0.0371. The molecule has 0 bridgehead atoms. The molecule has 3 unspecified atom stereocenters. The lowest BCUT2D eigenvalue weighted by molar-refractivity contribution is -0.148. The second-order valence-electron chi connectivity index (χ2n) is 7.20. The average Bonchev–Trinajstić information content (AvgIpc) is 3.22. The van der Waals surface area contributed by atoms with E-state index in [1.165, 1.54) is 16.7 Å². The number of aliphatic imine (C=N–C) groups is 1. The van der Waals surface area contributed by atoms with Gasteiger partial charge in [0.05, 0.1) is 12.6 Å². The van der Waals surface area contributed by atoms with Gasteiger partial charge in [-0.1, -0.05) is 0 Å². The third kappa shape index (κ3) is 9.42. The molecule has 12 nitrogen and oxygen atoms in total. The number of likely N-dealkylation sites (tertiary alicyclic amines) is 1. The Kier molecular flexibility index (Phi) is 11.7. The van der Waals surface area contributed by atoms with Gasteiger partial charge in [0.1, 0.15) is 12.1 Å². The highest BCUT2D eigenvalue weighted by atomic mass is 32.2. The molecule has 0 aliphatic carbocycles. The van der Waals surface area contributed by atoms with Gasteiger partial charge in [0.2, 0.25) is 17.7 Å². The van der Waals surface area contributed by atoms with Crippen molar-refractivity contribution in [1.29, 1.82) is 0 Å². The molecule has 3 atom stereocenters. The van der Waals surface area contributed by atoms with Gasteiger partial charge < -0.3 is 37.8 Å². The van der Waals surface area contributed by atoms with Crippen LogP contribution in [-0.2, 0) is 19.2 Å². The number of guanidine groups is 1. The molecular weight excluding hydrogens is 426 g/mol. The maximum Gasteiger partial charge on any atom is 0.326 e. The van der Waals surface area contributed by atoms with Crippen LogP contribution >= 0.6 is 11.8 Å². The quantitative estimate of drug-likeness (QED) is 0.100. The first-order valence-electron chi connectivity index (χ1n) is 10.1. The first kappa shape index (κ1) is 26.5. The van der Waals surface area contributed by atoms with Crippen LogP contribution < -0.4 is 27.8 Å². The van der Waals surface area contributed by atoms with E-state index in [1.807, 2.05) is 6.26 Å². The zero-order valence-corrected chi connectivity index (χ0v) is 18.5. The number of carbonyl (C=O) groups is 4. The summed E-state index contributed by atoms with van der Waals surface area (Å²) in [7, 11) is 0. The molecule has 3 amide bonds. The number of amides is 3. The Balaban J connectivity index is 2.57. The Morgan fingerprint density at radius 1 is 1.23 bits per heavy atom. The van der Waals surface area contributed by atoms with E-state index in [2.05, 4.69) is 15.6 Å². The smallest absolute Gasteiger partial charge is 0.326 e.